The van der Waals surface area contributed by atoms with Gasteiger partial charge in [0.2, 0.25) is 0 Å². The highest BCUT2D eigenvalue weighted by Crippen LogP contribution is 2.14. The van der Waals surface area contributed by atoms with E-state index in [0.717, 1.165) is 32.5 Å². The predicted molar refractivity (Wildman–Crippen MR) is 95.4 cm³/mol. The van der Waals surface area contributed by atoms with Crippen molar-refractivity contribution in [1.29, 1.82) is 0 Å². The summed E-state index contributed by atoms with van der Waals surface area (Å²) in [6.45, 7) is 5.46. The van der Waals surface area contributed by atoms with Gasteiger partial charge >= 0.3 is 6.03 Å². The Kier molecular flexibility index (Phi) is 5.15. The number of hydrogen-bond acceptors (Lipinski definition) is 5. The van der Waals surface area contributed by atoms with E-state index in [4.69, 9.17) is 0 Å². The molecule has 8 heteroatoms. The highest BCUT2D eigenvalue weighted by molar-refractivity contribution is 7.17. The third-order valence-electron chi connectivity index (χ3n) is 4.24. The number of H-pyrrole nitrogens is 1. The maximum Gasteiger partial charge on any atom is 0.317 e. The van der Waals surface area contributed by atoms with Crippen molar-refractivity contribution in [2.24, 2.45) is 0 Å². The van der Waals surface area contributed by atoms with Crippen LogP contribution in [0.5, 0.6) is 0 Å². The highest BCUT2D eigenvalue weighted by Gasteiger charge is 2.24. The minimum Gasteiger partial charge on any atom is -0.334 e. The van der Waals surface area contributed by atoms with Gasteiger partial charge in [-0.2, -0.15) is 0 Å². The van der Waals surface area contributed by atoms with Crippen LogP contribution in [0.3, 0.4) is 0 Å². The van der Waals surface area contributed by atoms with Gasteiger partial charge in [0.05, 0.1) is 12.1 Å². The van der Waals surface area contributed by atoms with E-state index in [1.807, 2.05) is 11.4 Å². The van der Waals surface area contributed by atoms with Crippen LogP contribution in [-0.2, 0) is 6.54 Å². The summed E-state index contributed by atoms with van der Waals surface area (Å²) in [6, 6.07) is 1.88. The molecule has 1 unspecified atom stereocenters. The van der Waals surface area contributed by atoms with E-state index >= 15 is 0 Å². The third kappa shape index (κ3) is 3.76. The zero-order valence-corrected chi connectivity index (χ0v) is 14.9. The van der Waals surface area contributed by atoms with Gasteiger partial charge < -0.3 is 20.1 Å². The number of urea groups is 1. The molecule has 2 N–H and O–H groups in total. The molecular weight excluding hydrogens is 326 g/mol. The van der Waals surface area contributed by atoms with E-state index in [1.165, 1.54) is 11.3 Å². The lowest BCUT2D eigenvalue weighted by atomic mass is 10.3. The maximum absolute atomic E-state index is 12.3. The minimum atomic E-state index is -0.148. The molecule has 3 heterocycles. The largest absolute Gasteiger partial charge is 0.334 e. The number of thiophene rings is 1. The number of amides is 2. The maximum atomic E-state index is 12.3. The number of nitrogens with zero attached hydrogens (tertiary/aromatic N) is 3. The average Bonchev–Trinajstić information content (AvgIpc) is 3.17. The van der Waals surface area contributed by atoms with E-state index in [0.29, 0.717) is 16.0 Å². The Labute approximate surface area is 144 Å². The Bertz CT molecular complexity index is 771. The summed E-state index contributed by atoms with van der Waals surface area (Å²) in [7, 11) is 1.71. The number of hydrogen-bond donors (Lipinski definition) is 2. The van der Waals surface area contributed by atoms with Gasteiger partial charge in [-0.15, -0.1) is 11.3 Å². The summed E-state index contributed by atoms with van der Waals surface area (Å²) in [4.78, 5) is 35.4. The zero-order valence-electron chi connectivity index (χ0n) is 14.0. The molecule has 2 aromatic rings. The second-order valence-corrected chi connectivity index (χ2v) is 7.16. The number of likely N-dealkylation sites (tertiary alicyclic amines) is 1. The number of nitrogens with one attached hydrogen (secondary N) is 2. The van der Waals surface area contributed by atoms with Crippen LogP contribution in [-0.4, -0.2) is 58.5 Å². The molecule has 1 saturated heterocycles. The van der Waals surface area contributed by atoms with Crippen LogP contribution in [0, 0.1) is 0 Å². The molecule has 1 aliphatic heterocycles. The molecule has 24 heavy (non-hydrogen) atoms. The molecule has 1 fully saturated rings. The van der Waals surface area contributed by atoms with Crippen molar-refractivity contribution in [2.45, 2.75) is 32.4 Å². The number of aromatic amines is 1. The van der Waals surface area contributed by atoms with Crippen LogP contribution >= 0.6 is 11.3 Å². The Morgan fingerprint density at radius 3 is 3.21 bits per heavy atom. The minimum absolute atomic E-state index is 0.133. The van der Waals surface area contributed by atoms with Crippen LogP contribution in [0.2, 0.25) is 0 Å². The van der Waals surface area contributed by atoms with Crippen LogP contribution in [0.4, 0.5) is 4.79 Å². The van der Waals surface area contributed by atoms with Crippen molar-refractivity contribution in [3.63, 3.8) is 0 Å². The monoisotopic (exact) mass is 349 g/mol. The molecule has 0 radical (unpaired) electrons. The van der Waals surface area contributed by atoms with Gasteiger partial charge in [0.25, 0.3) is 5.56 Å². The Morgan fingerprint density at radius 1 is 1.58 bits per heavy atom. The highest BCUT2D eigenvalue weighted by atomic mass is 32.1. The SMILES string of the molecule is CCCN1CCC(NC(=O)N(C)Cc2nc3ccsc3c(=O)[nH]2)C1. The van der Waals surface area contributed by atoms with Crippen molar-refractivity contribution < 1.29 is 4.79 Å². The predicted octanol–water partition coefficient (Wildman–Crippen LogP) is 1.61. The van der Waals surface area contributed by atoms with Gasteiger partial charge in [0, 0.05) is 26.2 Å². The lowest BCUT2D eigenvalue weighted by molar-refractivity contribution is 0.201. The summed E-state index contributed by atoms with van der Waals surface area (Å²) in [5, 5.41) is 4.90. The van der Waals surface area contributed by atoms with Crippen molar-refractivity contribution in [3.05, 3.63) is 27.6 Å². The molecule has 130 valence electrons. The summed E-state index contributed by atoms with van der Waals surface area (Å²) in [5.41, 5.74) is 0.531. The first kappa shape index (κ1) is 16.9. The van der Waals surface area contributed by atoms with Crippen molar-refractivity contribution in [1.82, 2.24) is 25.1 Å². The molecular formula is C16H23N5O2S. The summed E-state index contributed by atoms with van der Waals surface area (Å²) < 4.78 is 0.618. The Balaban J connectivity index is 1.58. The lowest BCUT2D eigenvalue weighted by Crippen LogP contribution is -2.44. The number of fused-ring (bicyclic) bond motifs is 1. The molecule has 0 aromatic carbocycles. The molecule has 0 saturated carbocycles. The quantitative estimate of drug-likeness (QED) is 0.859. The second kappa shape index (κ2) is 7.31. The fourth-order valence-corrected chi connectivity index (χ4v) is 3.77. The number of carbonyl (C=O) groups is 1. The zero-order chi connectivity index (χ0) is 17.1. The second-order valence-electron chi connectivity index (χ2n) is 6.24. The number of rotatable bonds is 5. The van der Waals surface area contributed by atoms with Gasteiger partial charge in [0.15, 0.2) is 0 Å². The Hall–Kier alpha value is -1.93. The molecule has 0 bridgehead atoms. The summed E-state index contributed by atoms with van der Waals surface area (Å²) >= 11 is 1.37. The summed E-state index contributed by atoms with van der Waals surface area (Å²) in [5.74, 6) is 0.502. The van der Waals surface area contributed by atoms with Crippen molar-refractivity contribution >= 4 is 27.6 Å². The van der Waals surface area contributed by atoms with E-state index in [9.17, 15) is 9.59 Å². The van der Waals surface area contributed by atoms with Gasteiger partial charge in [0.1, 0.15) is 10.5 Å². The van der Waals surface area contributed by atoms with E-state index in [1.54, 1.807) is 11.9 Å². The molecule has 0 aliphatic carbocycles. The van der Waals surface area contributed by atoms with Gasteiger partial charge in [-0.1, -0.05) is 6.92 Å². The van der Waals surface area contributed by atoms with E-state index < -0.39 is 0 Å². The fraction of sp³-hybridized carbons (Fsp3) is 0.562. The summed E-state index contributed by atoms with van der Waals surface area (Å²) in [6.07, 6.45) is 2.11. The molecule has 2 aromatic heterocycles. The van der Waals surface area contributed by atoms with Crippen molar-refractivity contribution in [3.8, 4) is 0 Å². The topological polar surface area (TPSA) is 81.3 Å². The van der Waals surface area contributed by atoms with Crippen LogP contribution in [0.25, 0.3) is 10.2 Å². The molecule has 3 rings (SSSR count). The van der Waals surface area contributed by atoms with Crippen LogP contribution < -0.4 is 10.9 Å². The molecule has 1 atom stereocenters. The van der Waals surface area contributed by atoms with E-state index in [2.05, 4.69) is 27.1 Å². The smallest absolute Gasteiger partial charge is 0.317 e. The Morgan fingerprint density at radius 2 is 2.42 bits per heavy atom. The average molecular weight is 349 g/mol. The first-order chi connectivity index (χ1) is 11.6. The van der Waals surface area contributed by atoms with Gasteiger partial charge in [-0.05, 0) is 30.8 Å². The lowest BCUT2D eigenvalue weighted by Gasteiger charge is -2.21. The molecule has 1 aliphatic rings. The van der Waals surface area contributed by atoms with Crippen LogP contribution in [0.1, 0.15) is 25.6 Å². The standard InChI is InChI=1S/C16H23N5O2S/c1-3-6-21-7-4-11(9-21)17-16(23)20(2)10-13-18-12-5-8-24-14(12)15(22)19-13/h5,8,11H,3-4,6-7,9-10H2,1-2H3,(H,17,23)(H,18,19,22). The van der Waals surface area contributed by atoms with Crippen LogP contribution in [0.15, 0.2) is 16.2 Å². The first-order valence-corrected chi connectivity index (χ1v) is 9.15. The van der Waals surface area contributed by atoms with Gasteiger partial charge in [-0.3, -0.25) is 4.79 Å². The molecule has 0 spiro atoms. The molecule has 2 amide bonds. The fourth-order valence-electron chi connectivity index (χ4n) is 3.05. The van der Waals surface area contributed by atoms with Gasteiger partial charge in [-0.25, -0.2) is 9.78 Å². The third-order valence-corrected chi connectivity index (χ3v) is 5.14. The molecule has 7 nitrogen and oxygen atoms in total. The normalized spacial score (nSPS) is 18.2. The number of carbonyl (C=O) groups excluding carboxylic acids is 1. The van der Waals surface area contributed by atoms with Crippen molar-refractivity contribution in [2.75, 3.05) is 26.7 Å². The first-order valence-electron chi connectivity index (χ1n) is 8.27. The van der Waals surface area contributed by atoms with E-state index in [-0.39, 0.29) is 24.2 Å². The number of aromatic nitrogens is 2.